The molecule has 0 saturated carbocycles. The van der Waals surface area contributed by atoms with Gasteiger partial charge in [-0.15, -0.1) is 0 Å². The van der Waals surface area contributed by atoms with E-state index in [-0.39, 0.29) is 0 Å². The van der Waals surface area contributed by atoms with E-state index in [9.17, 15) is 0 Å². The molecule has 0 aliphatic carbocycles. The van der Waals surface area contributed by atoms with Crippen molar-refractivity contribution in [1.29, 1.82) is 0 Å². The Morgan fingerprint density at radius 2 is 2.07 bits per heavy atom. The van der Waals surface area contributed by atoms with E-state index in [1.165, 1.54) is 0 Å². The summed E-state index contributed by atoms with van der Waals surface area (Å²) < 4.78 is 0. The number of hydrogen-bond acceptors (Lipinski definition) is 3. The fraction of sp³-hybridized carbons (Fsp3) is 0.583. The van der Waals surface area contributed by atoms with Crippen LogP contribution in [0.25, 0.3) is 0 Å². The SMILES string of the molecule is CCC(CC)C(Cc1ccccn1)NN. The molecule has 0 fully saturated rings. The lowest BCUT2D eigenvalue weighted by Crippen LogP contribution is -2.42. The van der Waals surface area contributed by atoms with Crippen LogP contribution in [-0.2, 0) is 6.42 Å². The van der Waals surface area contributed by atoms with Crippen molar-refractivity contribution >= 4 is 0 Å². The lowest BCUT2D eigenvalue weighted by molar-refractivity contribution is 0.334. The second-order valence-corrected chi connectivity index (χ2v) is 3.87. The Bertz CT molecular complexity index is 257. The molecular formula is C12H21N3. The smallest absolute Gasteiger partial charge is 0.0419 e. The number of nitrogens with two attached hydrogens (primary N) is 1. The van der Waals surface area contributed by atoms with Gasteiger partial charge >= 0.3 is 0 Å². The van der Waals surface area contributed by atoms with Gasteiger partial charge in [-0.05, 0) is 18.1 Å². The fourth-order valence-electron chi connectivity index (χ4n) is 1.96. The van der Waals surface area contributed by atoms with Gasteiger partial charge in [0.2, 0.25) is 0 Å². The first-order valence-corrected chi connectivity index (χ1v) is 5.67. The number of nitrogens with zero attached hydrogens (tertiary/aromatic N) is 1. The highest BCUT2D eigenvalue weighted by molar-refractivity contribution is 5.05. The van der Waals surface area contributed by atoms with Crippen LogP contribution >= 0.6 is 0 Å². The molecule has 0 bridgehead atoms. The lowest BCUT2D eigenvalue weighted by atomic mass is 9.91. The number of hydrogen-bond donors (Lipinski definition) is 2. The highest BCUT2D eigenvalue weighted by atomic mass is 15.2. The average molecular weight is 207 g/mol. The van der Waals surface area contributed by atoms with Crippen molar-refractivity contribution < 1.29 is 0 Å². The highest BCUT2D eigenvalue weighted by Gasteiger charge is 2.17. The number of pyridine rings is 1. The van der Waals surface area contributed by atoms with Gasteiger partial charge in [0.1, 0.15) is 0 Å². The first kappa shape index (κ1) is 12.1. The summed E-state index contributed by atoms with van der Waals surface area (Å²) in [5, 5.41) is 0. The maximum absolute atomic E-state index is 5.59. The van der Waals surface area contributed by atoms with Gasteiger partial charge in [-0.3, -0.25) is 16.3 Å². The Kier molecular flexibility index (Phi) is 5.29. The van der Waals surface area contributed by atoms with Gasteiger partial charge < -0.3 is 0 Å². The molecule has 0 saturated heterocycles. The van der Waals surface area contributed by atoms with Crippen LogP contribution in [0.5, 0.6) is 0 Å². The number of hydrazine groups is 1. The second kappa shape index (κ2) is 6.53. The summed E-state index contributed by atoms with van der Waals surface area (Å²) in [5.74, 6) is 6.22. The van der Waals surface area contributed by atoms with Crippen LogP contribution < -0.4 is 11.3 Å². The van der Waals surface area contributed by atoms with Crippen LogP contribution in [0.2, 0.25) is 0 Å². The molecule has 3 nitrogen and oxygen atoms in total. The third kappa shape index (κ3) is 3.61. The first-order valence-electron chi connectivity index (χ1n) is 5.67. The van der Waals surface area contributed by atoms with Gasteiger partial charge in [-0.25, -0.2) is 0 Å². The van der Waals surface area contributed by atoms with Crippen LogP contribution in [0, 0.1) is 5.92 Å². The largest absolute Gasteiger partial charge is 0.271 e. The molecule has 0 radical (unpaired) electrons. The van der Waals surface area contributed by atoms with E-state index in [1.54, 1.807) is 0 Å². The third-order valence-corrected chi connectivity index (χ3v) is 2.99. The highest BCUT2D eigenvalue weighted by Crippen LogP contribution is 2.15. The molecule has 1 unspecified atom stereocenters. The van der Waals surface area contributed by atoms with E-state index in [0.717, 1.165) is 25.0 Å². The predicted octanol–water partition coefficient (Wildman–Crippen LogP) is 1.89. The molecule has 0 aliphatic heterocycles. The molecule has 15 heavy (non-hydrogen) atoms. The second-order valence-electron chi connectivity index (χ2n) is 3.87. The maximum Gasteiger partial charge on any atom is 0.0419 e. The number of rotatable bonds is 6. The average Bonchev–Trinajstić information content (AvgIpc) is 2.30. The van der Waals surface area contributed by atoms with Gasteiger partial charge in [0.15, 0.2) is 0 Å². The normalized spacial score (nSPS) is 13.1. The summed E-state index contributed by atoms with van der Waals surface area (Å²) in [5.41, 5.74) is 4.02. The van der Waals surface area contributed by atoms with Gasteiger partial charge in [-0.2, -0.15) is 0 Å². The van der Waals surface area contributed by atoms with Gasteiger partial charge in [0.25, 0.3) is 0 Å². The van der Waals surface area contributed by atoms with Crippen molar-refractivity contribution in [1.82, 2.24) is 10.4 Å². The van der Waals surface area contributed by atoms with E-state index < -0.39 is 0 Å². The molecule has 3 heteroatoms. The van der Waals surface area contributed by atoms with E-state index in [1.807, 2.05) is 24.4 Å². The molecular weight excluding hydrogens is 186 g/mol. The van der Waals surface area contributed by atoms with Crippen LogP contribution in [-0.4, -0.2) is 11.0 Å². The Morgan fingerprint density at radius 3 is 2.53 bits per heavy atom. The van der Waals surface area contributed by atoms with Crippen LogP contribution in [0.1, 0.15) is 32.4 Å². The summed E-state index contributed by atoms with van der Waals surface area (Å²) >= 11 is 0. The Labute approximate surface area is 92.1 Å². The van der Waals surface area contributed by atoms with Crippen molar-refractivity contribution in [2.45, 2.75) is 39.2 Å². The number of aromatic nitrogens is 1. The summed E-state index contributed by atoms with van der Waals surface area (Å²) in [6.45, 7) is 4.41. The van der Waals surface area contributed by atoms with Crippen molar-refractivity contribution in [3.8, 4) is 0 Å². The minimum absolute atomic E-state index is 0.329. The lowest BCUT2D eigenvalue weighted by Gasteiger charge is -2.24. The van der Waals surface area contributed by atoms with E-state index >= 15 is 0 Å². The molecule has 0 spiro atoms. The predicted molar refractivity (Wildman–Crippen MR) is 63.1 cm³/mol. The topological polar surface area (TPSA) is 50.9 Å². The zero-order chi connectivity index (χ0) is 11.1. The Balaban J connectivity index is 2.61. The molecule has 1 heterocycles. The molecule has 84 valence electrons. The minimum atomic E-state index is 0.329. The van der Waals surface area contributed by atoms with Gasteiger partial charge in [0, 0.05) is 24.4 Å². The Morgan fingerprint density at radius 1 is 1.33 bits per heavy atom. The van der Waals surface area contributed by atoms with E-state index in [0.29, 0.717) is 12.0 Å². The summed E-state index contributed by atoms with van der Waals surface area (Å²) in [6.07, 6.45) is 5.04. The van der Waals surface area contributed by atoms with Gasteiger partial charge in [0.05, 0.1) is 0 Å². The molecule has 0 aromatic carbocycles. The van der Waals surface area contributed by atoms with Crippen LogP contribution in [0.15, 0.2) is 24.4 Å². The molecule has 0 amide bonds. The minimum Gasteiger partial charge on any atom is -0.271 e. The zero-order valence-electron chi connectivity index (χ0n) is 9.61. The van der Waals surface area contributed by atoms with Gasteiger partial charge in [-0.1, -0.05) is 32.8 Å². The standard InChI is InChI=1S/C12H21N3/c1-3-10(4-2)12(15-13)9-11-7-5-6-8-14-11/h5-8,10,12,15H,3-4,9,13H2,1-2H3. The van der Waals surface area contributed by atoms with Crippen LogP contribution in [0.4, 0.5) is 0 Å². The van der Waals surface area contributed by atoms with Crippen molar-refractivity contribution in [2.75, 3.05) is 0 Å². The van der Waals surface area contributed by atoms with Crippen molar-refractivity contribution in [2.24, 2.45) is 11.8 Å². The van der Waals surface area contributed by atoms with Crippen molar-refractivity contribution in [3.05, 3.63) is 30.1 Å². The van der Waals surface area contributed by atoms with E-state index in [2.05, 4.69) is 24.3 Å². The molecule has 0 aliphatic rings. The molecule has 1 aromatic heterocycles. The quantitative estimate of drug-likeness (QED) is 0.553. The molecule has 1 atom stereocenters. The van der Waals surface area contributed by atoms with Crippen molar-refractivity contribution in [3.63, 3.8) is 0 Å². The summed E-state index contributed by atoms with van der Waals surface area (Å²) in [6, 6.07) is 6.33. The third-order valence-electron chi connectivity index (χ3n) is 2.99. The monoisotopic (exact) mass is 207 g/mol. The van der Waals surface area contributed by atoms with E-state index in [4.69, 9.17) is 5.84 Å². The fourth-order valence-corrected chi connectivity index (χ4v) is 1.96. The molecule has 1 aromatic rings. The molecule has 3 N–H and O–H groups in total. The Hall–Kier alpha value is -0.930. The van der Waals surface area contributed by atoms with Crippen LogP contribution in [0.3, 0.4) is 0 Å². The maximum atomic E-state index is 5.59. The summed E-state index contributed by atoms with van der Waals surface area (Å²) in [7, 11) is 0. The molecule has 1 rings (SSSR count). The number of nitrogens with one attached hydrogen (secondary N) is 1. The summed E-state index contributed by atoms with van der Waals surface area (Å²) in [4.78, 5) is 4.32. The zero-order valence-corrected chi connectivity index (χ0v) is 9.61. The first-order chi connectivity index (χ1) is 7.31.